The third kappa shape index (κ3) is 5.46. The van der Waals surface area contributed by atoms with E-state index in [1.807, 2.05) is 27.7 Å². The zero-order valence-corrected chi connectivity index (χ0v) is 14.1. The molecular weight excluding hydrogens is 340 g/mol. The van der Waals surface area contributed by atoms with Crippen LogP contribution in [-0.2, 0) is 0 Å². The molecule has 0 aromatic carbocycles. The summed E-state index contributed by atoms with van der Waals surface area (Å²) in [6, 6.07) is 0. The van der Waals surface area contributed by atoms with E-state index in [9.17, 15) is 4.39 Å². The van der Waals surface area contributed by atoms with Crippen LogP contribution in [0.2, 0.25) is 0 Å². The van der Waals surface area contributed by atoms with Gasteiger partial charge in [0.1, 0.15) is 5.83 Å². The van der Waals surface area contributed by atoms with E-state index >= 15 is 0 Å². The second-order valence-corrected chi connectivity index (χ2v) is 5.22. The monoisotopic (exact) mass is 363 g/mol. The summed E-state index contributed by atoms with van der Waals surface area (Å²) < 4.78 is 15.2. The molecule has 0 aromatic heterocycles. The largest absolute Gasteiger partial charge is 0.265 e. The predicted molar refractivity (Wildman–Crippen MR) is 88.0 cm³/mol. The number of allylic oxidation sites excluding steroid dienone is 6. The van der Waals surface area contributed by atoms with E-state index in [-0.39, 0.29) is 5.83 Å². The van der Waals surface area contributed by atoms with Gasteiger partial charge in [-0.3, -0.25) is 4.99 Å². The lowest BCUT2D eigenvalue weighted by Gasteiger charge is -2.10. The first-order valence-corrected chi connectivity index (χ1v) is 7.48. The fraction of sp³-hybridized carbons (Fsp3) is 0.533. The van der Waals surface area contributed by atoms with E-state index in [2.05, 4.69) is 34.5 Å². The van der Waals surface area contributed by atoms with E-state index in [1.54, 1.807) is 12.3 Å². The first kappa shape index (κ1) is 17.6. The molecule has 0 saturated heterocycles. The Morgan fingerprint density at radius 3 is 2.33 bits per heavy atom. The molecule has 0 atom stereocenters. The minimum absolute atomic E-state index is 0.155. The summed E-state index contributed by atoms with van der Waals surface area (Å²) >= 11 is 2.22. The third-order valence-electron chi connectivity index (χ3n) is 2.66. The van der Waals surface area contributed by atoms with Gasteiger partial charge < -0.3 is 0 Å². The minimum atomic E-state index is -0.155. The molecule has 0 amide bonds. The van der Waals surface area contributed by atoms with Crippen molar-refractivity contribution < 1.29 is 4.39 Å². The highest BCUT2D eigenvalue weighted by molar-refractivity contribution is 14.1. The zero-order chi connectivity index (χ0) is 14.1. The van der Waals surface area contributed by atoms with Gasteiger partial charge in [0.05, 0.1) is 0 Å². The van der Waals surface area contributed by atoms with Crippen molar-refractivity contribution in [3.63, 3.8) is 0 Å². The molecule has 0 aromatic rings. The maximum absolute atomic E-state index is 14.3. The Morgan fingerprint density at radius 1 is 1.28 bits per heavy atom. The van der Waals surface area contributed by atoms with Crippen molar-refractivity contribution in [1.82, 2.24) is 0 Å². The van der Waals surface area contributed by atoms with Gasteiger partial charge in [-0.2, -0.15) is 0 Å². The molecular formula is C15H23FIN. The predicted octanol–water partition coefficient (Wildman–Crippen LogP) is 6.12. The van der Waals surface area contributed by atoms with Crippen LogP contribution in [0.3, 0.4) is 0 Å². The number of unbranched alkanes of at least 4 members (excludes halogenated alkanes) is 1. The van der Waals surface area contributed by atoms with Crippen LogP contribution in [0.4, 0.5) is 4.39 Å². The first-order chi connectivity index (χ1) is 8.49. The molecule has 0 rings (SSSR count). The average Bonchev–Trinajstić information content (AvgIpc) is 2.35. The second kappa shape index (κ2) is 9.48. The van der Waals surface area contributed by atoms with Crippen molar-refractivity contribution in [2.75, 3.05) is 0 Å². The Labute approximate surface area is 124 Å². The molecule has 0 saturated carbocycles. The van der Waals surface area contributed by atoms with Crippen LogP contribution in [-0.4, -0.2) is 6.21 Å². The Kier molecular flexibility index (Phi) is 9.24. The molecule has 0 heterocycles. The smallest absolute Gasteiger partial charge is 0.129 e. The van der Waals surface area contributed by atoms with Crippen LogP contribution in [0.25, 0.3) is 0 Å². The normalized spacial score (nSPS) is 15.8. The molecule has 3 heteroatoms. The number of rotatable bonds is 6. The summed E-state index contributed by atoms with van der Waals surface area (Å²) in [4.78, 5) is 4.23. The third-order valence-corrected chi connectivity index (χ3v) is 4.12. The molecule has 0 spiro atoms. The van der Waals surface area contributed by atoms with Gasteiger partial charge >= 0.3 is 0 Å². The Morgan fingerprint density at radius 2 is 1.89 bits per heavy atom. The molecule has 0 fully saturated rings. The molecule has 0 unspecified atom stereocenters. The standard InChI is InChI=1S/C15H23FIN/c1-6-9-10-13(16)14(12(5)18-8-3)15(17)11(4)7-2/h8,10H,6-7,9H2,1-5H3/b13-10+,14-12-,15-11-,18-8?. The molecule has 0 radical (unpaired) electrons. The molecule has 0 aliphatic heterocycles. The Balaban J connectivity index is 5.68. The molecule has 0 aliphatic rings. The number of nitrogens with zero attached hydrogens (tertiary/aromatic N) is 1. The number of hydrogen-bond acceptors (Lipinski definition) is 1. The van der Waals surface area contributed by atoms with Crippen molar-refractivity contribution in [2.45, 2.75) is 53.9 Å². The van der Waals surface area contributed by atoms with Crippen molar-refractivity contribution in [3.8, 4) is 0 Å². The van der Waals surface area contributed by atoms with Crippen LogP contribution in [0, 0.1) is 0 Å². The first-order valence-electron chi connectivity index (χ1n) is 6.40. The van der Waals surface area contributed by atoms with Crippen LogP contribution in [0.15, 0.2) is 37.3 Å². The summed E-state index contributed by atoms with van der Waals surface area (Å²) in [5.41, 5.74) is 2.57. The van der Waals surface area contributed by atoms with Gasteiger partial charge in [0.2, 0.25) is 0 Å². The summed E-state index contributed by atoms with van der Waals surface area (Å²) in [6.45, 7) is 9.87. The van der Waals surface area contributed by atoms with E-state index < -0.39 is 0 Å². The van der Waals surface area contributed by atoms with E-state index in [0.717, 1.165) is 28.5 Å². The quantitative estimate of drug-likeness (QED) is 0.306. The van der Waals surface area contributed by atoms with E-state index in [0.29, 0.717) is 5.57 Å². The van der Waals surface area contributed by atoms with Crippen LogP contribution >= 0.6 is 22.6 Å². The topological polar surface area (TPSA) is 12.4 Å². The summed E-state index contributed by atoms with van der Waals surface area (Å²) in [6.07, 6.45) is 5.99. The zero-order valence-electron chi connectivity index (χ0n) is 12.0. The molecule has 102 valence electrons. The minimum Gasteiger partial charge on any atom is -0.265 e. The van der Waals surface area contributed by atoms with Gasteiger partial charge in [-0.1, -0.05) is 25.8 Å². The molecule has 18 heavy (non-hydrogen) atoms. The van der Waals surface area contributed by atoms with Crippen LogP contribution < -0.4 is 0 Å². The van der Waals surface area contributed by atoms with E-state index in [4.69, 9.17) is 0 Å². The highest BCUT2D eigenvalue weighted by Crippen LogP contribution is 2.33. The van der Waals surface area contributed by atoms with Crippen LogP contribution in [0.1, 0.15) is 53.9 Å². The fourth-order valence-electron chi connectivity index (χ4n) is 1.44. The van der Waals surface area contributed by atoms with Gasteiger partial charge in [-0.25, -0.2) is 4.39 Å². The second-order valence-electron chi connectivity index (χ2n) is 4.14. The van der Waals surface area contributed by atoms with Gasteiger partial charge in [0, 0.05) is 21.1 Å². The lowest BCUT2D eigenvalue weighted by molar-refractivity contribution is 0.644. The molecule has 0 aliphatic carbocycles. The fourth-order valence-corrected chi connectivity index (χ4v) is 2.47. The Bertz CT molecular complexity index is 389. The Hall–Kier alpha value is -0.450. The number of hydrogen-bond donors (Lipinski definition) is 0. The van der Waals surface area contributed by atoms with Gasteiger partial charge in [0.15, 0.2) is 0 Å². The summed E-state index contributed by atoms with van der Waals surface area (Å²) in [5.74, 6) is -0.155. The van der Waals surface area contributed by atoms with Gasteiger partial charge in [0.25, 0.3) is 0 Å². The molecule has 0 bridgehead atoms. The molecule has 1 nitrogen and oxygen atoms in total. The van der Waals surface area contributed by atoms with Crippen molar-refractivity contribution in [2.24, 2.45) is 4.99 Å². The van der Waals surface area contributed by atoms with Gasteiger partial charge in [-0.05, 0) is 62.3 Å². The number of aliphatic imine (C=N–C) groups is 1. The lowest BCUT2D eigenvalue weighted by Crippen LogP contribution is -1.93. The van der Waals surface area contributed by atoms with Crippen LogP contribution in [0.5, 0.6) is 0 Å². The highest BCUT2D eigenvalue weighted by atomic mass is 127. The molecule has 0 N–H and O–H groups in total. The van der Waals surface area contributed by atoms with Crippen molar-refractivity contribution in [1.29, 1.82) is 0 Å². The summed E-state index contributed by atoms with van der Waals surface area (Å²) in [5, 5.41) is 0. The maximum atomic E-state index is 14.3. The van der Waals surface area contributed by atoms with E-state index in [1.165, 1.54) is 5.57 Å². The lowest BCUT2D eigenvalue weighted by atomic mass is 10.1. The average molecular weight is 363 g/mol. The van der Waals surface area contributed by atoms with Crippen molar-refractivity contribution >= 4 is 28.8 Å². The highest BCUT2D eigenvalue weighted by Gasteiger charge is 2.13. The van der Waals surface area contributed by atoms with Gasteiger partial charge in [-0.15, -0.1) is 0 Å². The maximum Gasteiger partial charge on any atom is 0.129 e. The SMILES string of the molecule is CC=N/C(C)=C(C(\I)=C(/C)CC)/C(F)=C\CCC. The summed E-state index contributed by atoms with van der Waals surface area (Å²) in [7, 11) is 0. The van der Waals surface area contributed by atoms with Crippen molar-refractivity contribution in [3.05, 3.63) is 32.3 Å². The number of halogens is 2.